The number of aliphatic carboxylic acids is 1. The standard InChI is InChI=1S/C17H26N2O2/c1-3-18-17(2,16(20)21)11-7-13-19-12-6-9-14-8-4-5-10-15(14)19/h4-5,8,10,18H,3,6-7,9,11-13H2,1-2H3,(H,20,21). The molecule has 0 saturated heterocycles. The van der Waals surface area contributed by atoms with E-state index in [-0.39, 0.29) is 0 Å². The molecule has 1 atom stereocenters. The monoisotopic (exact) mass is 290 g/mol. The van der Waals surface area contributed by atoms with Gasteiger partial charge in [0.2, 0.25) is 0 Å². The van der Waals surface area contributed by atoms with Gasteiger partial charge in [-0.15, -0.1) is 0 Å². The minimum Gasteiger partial charge on any atom is -0.480 e. The minimum atomic E-state index is -0.815. The van der Waals surface area contributed by atoms with E-state index in [2.05, 4.69) is 34.5 Å². The fourth-order valence-corrected chi connectivity index (χ4v) is 3.13. The highest BCUT2D eigenvalue weighted by molar-refractivity contribution is 5.78. The Labute approximate surface area is 127 Å². The molecule has 1 unspecified atom stereocenters. The Hall–Kier alpha value is -1.55. The lowest BCUT2D eigenvalue weighted by Crippen LogP contribution is -2.49. The number of carboxylic acids is 1. The first-order valence-corrected chi connectivity index (χ1v) is 7.88. The zero-order valence-corrected chi connectivity index (χ0v) is 13.1. The highest BCUT2D eigenvalue weighted by atomic mass is 16.4. The quantitative estimate of drug-likeness (QED) is 0.810. The molecule has 0 aromatic heterocycles. The molecule has 0 spiro atoms. The zero-order chi connectivity index (χ0) is 15.3. The molecule has 1 heterocycles. The number of fused-ring (bicyclic) bond motifs is 1. The van der Waals surface area contributed by atoms with Crippen molar-refractivity contribution in [1.82, 2.24) is 5.32 Å². The summed E-state index contributed by atoms with van der Waals surface area (Å²) in [5.41, 5.74) is 1.92. The fraction of sp³-hybridized carbons (Fsp3) is 0.588. The van der Waals surface area contributed by atoms with E-state index in [1.165, 1.54) is 17.7 Å². The van der Waals surface area contributed by atoms with Crippen molar-refractivity contribution in [1.29, 1.82) is 0 Å². The summed E-state index contributed by atoms with van der Waals surface area (Å²) in [5, 5.41) is 12.5. The van der Waals surface area contributed by atoms with E-state index in [4.69, 9.17) is 0 Å². The molecule has 0 fully saturated rings. The number of nitrogens with one attached hydrogen (secondary N) is 1. The number of rotatable bonds is 7. The molecule has 1 aromatic carbocycles. The number of benzene rings is 1. The van der Waals surface area contributed by atoms with E-state index < -0.39 is 11.5 Å². The number of anilines is 1. The van der Waals surface area contributed by atoms with E-state index in [0.717, 1.165) is 25.9 Å². The zero-order valence-electron chi connectivity index (χ0n) is 13.1. The minimum absolute atomic E-state index is 0.648. The first kappa shape index (κ1) is 15.8. The molecule has 0 bridgehead atoms. The normalized spacial score (nSPS) is 17.1. The number of carbonyl (C=O) groups is 1. The van der Waals surface area contributed by atoms with Crippen LogP contribution in [-0.4, -0.2) is 36.2 Å². The van der Waals surface area contributed by atoms with Crippen molar-refractivity contribution < 1.29 is 9.90 Å². The Morgan fingerprint density at radius 2 is 2.19 bits per heavy atom. The van der Waals surface area contributed by atoms with Crippen LogP contribution in [0.4, 0.5) is 5.69 Å². The number of nitrogens with zero attached hydrogens (tertiary/aromatic N) is 1. The van der Waals surface area contributed by atoms with Crippen LogP contribution in [0, 0.1) is 0 Å². The predicted octanol–water partition coefficient (Wildman–Crippen LogP) is 2.67. The van der Waals surface area contributed by atoms with Gasteiger partial charge in [0.15, 0.2) is 0 Å². The average molecular weight is 290 g/mol. The maximum atomic E-state index is 11.4. The second-order valence-corrected chi connectivity index (χ2v) is 5.99. The lowest BCUT2D eigenvalue weighted by molar-refractivity contribution is -0.144. The van der Waals surface area contributed by atoms with Crippen molar-refractivity contribution >= 4 is 11.7 Å². The molecule has 21 heavy (non-hydrogen) atoms. The highest BCUT2D eigenvalue weighted by Crippen LogP contribution is 2.27. The third kappa shape index (κ3) is 3.76. The lowest BCUT2D eigenvalue weighted by Gasteiger charge is -2.33. The second kappa shape index (κ2) is 6.94. The summed E-state index contributed by atoms with van der Waals surface area (Å²) < 4.78 is 0. The topological polar surface area (TPSA) is 52.6 Å². The van der Waals surface area contributed by atoms with E-state index in [0.29, 0.717) is 13.0 Å². The van der Waals surface area contributed by atoms with Crippen molar-refractivity contribution in [3.05, 3.63) is 29.8 Å². The number of aryl methyl sites for hydroxylation is 1. The van der Waals surface area contributed by atoms with Crippen LogP contribution >= 0.6 is 0 Å². The van der Waals surface area contributed by atoms with E-state index in [9.17, 15) is 9.90 Å². The van der Waals surface area contributed by atoms with E-state index in [1.807, 2.05) is 6.92 Å². The SMILES string of the molecule is CCNC(C)(CCCN1CCCc2ccccc21)C(=O)O. The van der Waals surface area contributed by atoms with Gasteiger partial charge in [0.1, 0.15) is 5.54 Å². The molecule has 0 amide bonds. The Morgan fingerprint density at radius 1 is 1.43 bits per heavy atom. The van der Waals surface area contributed by atoms with E-state index >= 15 is 0 Å². The van der Waals surface area contributed by atoms with Gasteiger partial charge in [-0.25, -0.2) is 0 Å². The van der Waals surface area contributed by atoms with Crippen LogP contribution in [0.1, 0.15) is 38.7 Å². The smallest absolute Gasteiger partial charge is 0.323 e. The van der Waals surface area contributed by atoms with Gasteiger partial charge in [-0.05, 0) is 50.8 Å². The molecule has 116 valence electrons. The third-order valence-electron chi connectivity index (χ3n) is 4.35. The number of hydrogen-bond acceptors (Lipinski definition) is 3. The molecule has 2 N–H and O–H groups in total. The van der Waals surface area contributed by atoms with Gasteiger partial charge < -0.3 is 15.3 Å². The Morgan fingerprint density at radius 3 is 2.90 bits per heavy atom. The van der Waals surface area contributed by atoms with E-state index in [1.54, 1.807) is 6.92 Å². The summed E-state index contributed by atoms with van der Waals surface area (Å²) >= 11 is 0. The fourth-order valence-electron chi connectivity index (χ4n) is 3.13. The predicted molar refractivity (Wildman–Crippen MR) is 85.9 cm³/mol. The summed E-state index contributed by atoms with van der Waals surface area (Å²) in [7, 11) is 0. The van der Waals surface area contributed by atoms with Crippen LogP contribution < -0.4 is 10.2 Å². The summed E-state index contributed by atoms with van der Waals surface area (Å²) in [6, 6.07) is 8.54. The molecule has 1 aromatic rings. The van der Waals surface area contributed by atoms with Crippen LogP contribution in [0.5, 0.6) is 0 Å². The number of para-hydroxylation sites is 1. The van der Waals surface area contributed by atoms with Crippen LogP contribution in [0.2, 0.25) is 0 Å². The van der Waals surface area contributed by atoms with Gasteiger partial charge >= 0.3 is 5.97 Å². The van der Waals surface area contributed by atoms with Crippen LogP contribution in [0.3, 0.4) is 0 Å². The molecular formula is C17H26N2O2. The Bertz CT molecular complexity index is 489. The second-order valence-electron chi connectivity index (χ2n) is 5.99. The summed E-state index contributed by atoms with van der Waals surface area (Å²) in [6.07, 6.45) is 3.86. The van der Waals surface area contributed by atoms with Gasteiger partial charge in [0.05, 0.1) is 0 Å². The summed E-state index contributed by atoms with van der Waals surface area (Å²) in [5.74, 6) is -0.761. The first-order valence-electron chi connectivity index (χ1n) is 7.88. The van der Waals surface area contributed by atoms with Gasteiger partial charge in [0, 0.05) is 18.8 Å². The molecule has 2 rings (SSSR count). The van der Waals surface area contributed by atoms with Crippen LogP contribution in [0.25, 0.3) is 0 Å². The largest absolute Gasteiger partial charge is 0.480 e. The van der Waals surface area contributed by atoms with Crippen LogP contribution in [-0.2, 0) is 11.2 Å². The highest BCUT2D eigenvalue weighted by Gasteiger charge is 2.31. The molecule has 0 saturated carbocycles. The molecule has 1 aliphatic rings. The molecular weight excluding hydrogens is 264 g/mol. The number of hydrogen-bond donors (Lipinski definition) is 2. The molecule has 4 nitrogen and oxygen atoms in total. The van der Waals surface area contributed by atoms with Crippen LogP contribution in [0.15, 0.2) is 24.3 Å². The number of likely N-dealkylation sites (N-methyl/N-ethyl adjacent to an activating group) is 1. The van der Waals surface area contributed by atoms with Gasteiger partial charge in [-0.3, -0.25) is 4.79 Å². The third-order valence-corrected chi connectivity index (χ3v) is 4.35. The first-order chi connectivity index (χ1) is 10.1. The molecule has 0 aliphatic carbocycles. The van der Waals surface area contributed by atoms with Crippen molar-refractivity contribution in [2.24, 2.45) is 0 Å². The van der Waals surface area contributed by atoms with Crippen molar-refractivity contribution in [2.75, 3.05) is 24.5 Å². The molecule has 1 aliphatic heterocycles. The van der Waals surface area contributed by atoms with Gasteiger partial charge in [-0.2, -0.15) is 0 Å². The summed E-state index contributed by atoms with van der Waals surface area (Å²) in [6.45, 7) is 6.40. The average Bonchev–Trinajstić information content (AvgIpc) is 2.47. The maximum absolute atomic E-state index is 11.4. The lowest BCUT2D eigenvalue weighted by atomic mass is 9.95. The van der Waals surface area contributed by atoms with Gasteiger partial charge in [-0.1, -0.05) is 25.1 Å². The van der Waals surface area contributed by atoms with Crippen molar-refractivity contribution in [3.8, 4) is 0 Å². The van der Waals surface area contributed by atoms with Gasteiger partial charge in [0.25, 0.3) is 0 Å². The summed E-state index contributed by atoms with van der Waals surface area (Å²) in [4.78, 5) is 13.8. The maximum Gasteiger partial charge on any atom is 0.323 e. The molecule has 4 heteroatoms. The van der Waals surface area contributed by atoms with Crippen molar-refractivity contribution in [2.45, 2.75) is 45.1 Å². The molecule has 0 radical (unpaired) electrons. The Kier molecular flexibility index (Phi) is 5.23. The Balaban J connectivity index is 1.94. The number of carboxylic acid groups (broad SMARTS) is 1. The van der Waals surface area contributed by atoms with Crippen molar-refractivity contribution in [3.63, 3.8) is 0 Å².